The Balaban J connectivity index is 0.986. The second-order valence-electron chi connectivity index (χ2n) is 21.2. The molecule has 0 spiro atoms. The van der Waals surface area contributed by atoms with Crippen LogP contribution in [0.25, 0.3) is 81.4 Å². The average molecular weight is 1250 g/mol. The summed E-state index contributed by atoms with van der Waals surface area (Å²) in [4.78, 5) is 44.5. The van der Waals surface area contributed by atoms with Crippen LogP contribution in [0.15, 0.2) is 140 Å². The summed E-state index contributed by atoms with van der Waals surface area (Å²) < 4.78 is 29.8. The van der Waals surface area contributed by atoms with E-state index in [0.717, 1.165) is 120 Å². The molecule has 6 aromatic heterocycles. The molecule has 0 saturated heterocycles. The van der Waals surface area contributed by atoms with Gasteiger partial charge >= 0.3 is 15.9 Å². The van der Waals surface area contributed by atoms with Gasteiger partial charge in [-0.3, -0.25) is 4.57 Å². The average Bonchev–Trinajstić information content (AvgIpc) is 3.43. The summed E-state index contributed by atoms with van der Waals surface area (Å²) in [7, 11) is -7.50. The van der Waals surface area contributed by atoms with Gasteiger partial charge in [0.2, 0.25) is 0 Å². The molecule has 11 rings (SSSR count). The van der Waals surface area contributed by atoms with Gasteiger partial charge in [-0.25, -0.2) is 4.57 Å². The number of aryl methyl sites for hydroxylation is 6. The van der Waals surface area contributed by atoms with Gasteiger partial charge in [0.15, 0.2) is 5.06 Å². The standard InChI is InChI=1S/C68H69NO6P2S6/c1-7-17-46-36-56(65-48(19-9-3)38-58(80-65)67-50(21-11-5)40-60(82-67)75-76(70)71)78-63(46)42-27-31-52(32-28-42)69(62-54-25-15-13-23-44(54)35-45-24-14-16-26-55(45)62)53-33-29-43(30-34-53)64-47(18-8-2)37-57(79-64)66-49(20-10-4)39-59(81-66)68-51(22-12-6)41-61(83-68)77(72,73)74/h13-16,23-41,76H,7-12,17-22H2,1-6H3,(H,70,71)(H2,72,73,74). The molecule has 428 valence electrons. The van der Waals surface area contributed by atoms with Crippen molar-refractivity contribution in [3.63, 3.8) is 0 Å². The van der Waals surface area contributed by atoms with Gasteiger partial charge in [0.05, 0.1) is 10.6 Å². The molecular formula is C68H69NO6P2S6. The summed E-state index contributed by atoms with van der Waals surface area (Å²) in [5, 5.41) is 5.22. The lowest BCUT2D eigenvalue weighted by atomic mass is 9.98. The molecule has 0 bridgehead atoms. The highest BCUT2D eigenvalue weighted by Crippen LogP contribution is 2.53. The molecule has 0 radical (unpaired) electrons. The third kappa shape index (κ3) is 12.6. The van der Waals surface area contributed by atoms with Gasteiger partial charge in [-0.1, -0.05) is 164 Å². The molecule has 0 amide bonds. The highest BCUT2D eigenvalue weighted by molar-refractivity contribution is 7.67. The van der Waals surface area contributed by atoms with Crippen molar-refractivity contribution in [1.29, 1.82) is 0 Å². The van der Waals surface area contributed by atoms with Crippen molar-refractivity contribution in [1.82, 2.24) is 0 Å². The summed E-state index contributed by atoms with van der Waals surface area (Å²) in [6.45, 7) is 13.2. The summed E-state index contributed by atoms with van der Waals surface area (Å²) in [5.41, 5.74) is 13.2. The second-order valence-corrected chi connectivity index (χ2v) is 30.1. The van der Waals surface area contributed by atoms with E-state index in [9.17, 15) is 23.8 Å². The van der Waals surface area contributed by atoms with Crippen LogP contribution in [0.4, 0.5) is 17.1 Å². The lowest BCUT2D eigenvalue weighted by Crippen LogP contribution is -2.11. The molecule has 0 fully saturated rings. The van der Waals surface area contributed by atoms with Crippen LogP contribution in [0, 0.1) is 0 Å². The number of hydrogen-bond acceptors (Lipinski definition) is 10. The maximum Gasteiger partial charge on any atom is 0.366 e. The van der Waals surface area contributed by atoms with E-state index in [1.807, 2.05) is 40.1 Å². The van der Waals surface area contributed by atoms with E-state index in [0.29, 0.717) is 5.06 Å². The molecule has 0 aliphatic carbocycles. The van der Waals surface area contributed by atoms with Crippen molar-refractivity contribution >= 4 is 127 Å². The summed E-state index contributed by atoms with van der Waals surface area (Å²) >= 11 is 10.1. The molecule has 5 aromatic carbocycles. The number of benzene rings is 5. The molecule has 1 unspecified atom stereocenters. The van der Waals surface area contributed by atoms with Crippen LogP contribution in [-0.2, 0) is 47.7 Å². The van der Waals surface area contributed by atoms with Crippen LogP contribution >= 0.6 is 83.9 Å². The van der Waals surface area contributed by atoms with Gasteiger partial charge < -0.3 is 24.1 Å². The summed E-state index contributed by atoms with van der Waals surface area (Å²) in [6.07, 6.45) is 11.4. The van der Waals surface area contributed by atoms with E-state index in [2.05, 4.69) is 174 Å². The number of thiophene rings is 6. The van der Waals surface area contributed by atoms with Crippen molar-refractivity contribution < 1.29 is 28.3 Å². The molecule has 83 heavy (non-hydrogen) atoms. The van der Waals surface area contributed by atoms with Crippen LogP contribution in [0.3, 0.4) is 0 Å². The number of fused-ring (bicyclic) bond motifs is 2. The summed E-state index contributed by atoms with van der Waals surface area (Å²) in [6, 6.07) is 51.4. The minimum Gasteiger partial charge on any atom is -0.416 e. The Bertz CT molecular complexity index is 4100. The first-order valence-corrected chi connectivity index (χ1v) is 36.7. The molecule has 0 saturated carbocycles. The first-order chi connectivity index (χ1) is 40.3. The van der Waals surface area contributed by atoms with Crippen molar-refractivity contribution in [2.24, 2.45) is 0 Å². The Morgan fingerprint density at radius 1 is 0.434 bits per heavy atom. The zero-order valence-electron chi connectivity index (χ0n) is 47.7. The highest BCUT2D eigenvalue weighted by atomic mass is 32.1. The van der Waals surface area contributed by atoms with Crippen LogP contribution in [0.1, 0.15) is 113 Å². The van der Waals surface area contributed by atoms with E-state index in [1.165, 1.54) is 112 Å². The fourth-order valence-electron chi connectivity index (χ4n) is 11.5. The molecule has 6 heterocycles. The van der Waals surface area contributed by atoms with E-state index in [4.69, 9.17) is 4.52 Å². The fourth-order valence-corrected chi connectivity index (χ4v) is 20.5. The van der Waals surface area contributed by atoms with Gasteiger partial charge in [0, 0.05) is 66.0 Å². The van der Waals surface area contributed by atoms with E-state index in [-0.39, 0.29) is 4.62 Å². The third-order valence-electron chi connectivity index (χ3n) is 15.0. The number of rotatable bonds is 24. The van der Waals surface area contributed by atoms with Crippen molar-refractivity contribution in [3.05, 3.63) is 173 Å². The number of hydrogen-bond donors (Lipinski definition) is 3. The van der Waals surface area contributed by atoms with Crippen LogP contribution in [0.5, 0.6) is 5.06 Å². The Labute approximate surface area is 512 Å². The van der Waals surface area contributed by atoms with E-state index in [1.54, 1.807) is 17.4 Å². The zero-order chi connectivity index (χ0) is 57.9. The van der Waals surface area contributed by atoms with E-state index >= 15 is 0 Å². The Hall–Kier alpha value is -5.24. The van der Waals surface area contributed by atoms with Crippen LogP contribution in [-0.4, -0.2) is 14.7 Å². The molecule has 3 N–H and O–H groups in total. The lowest BCUT2D eigenvalue weighted by molar-refractivity contribution is 0.388. The SMILES string of the molecule is CCCc1cc(-c2sc(-c3sc(O[PH](=O)O)cc3CCC)cc2CCC)sc1-c1ccc(N(c2ccc(-c3sc(-c4sc(-c5sc(P(=O)(O)O)cc5CCC)cc4CCC)cc3CCC)cc2)c2c3ccccc3cc3ccccc23)cc1. The van der Waals surface area contributed by atoms with Gasteiger partial charge in [0.1, 0.15) is 4.62 Å². The van der Waals surface area contributed by atoms with Crippen molar-refractivity contribution in [2.75, 3.05) is 4.90 Å². The highest BCUT2D eigenvalue weighted by Gasteiger charge is 2.27. The minimum atomic E-state index is -4.39. The molecule has 7 nitrogen and oxygen atoms in total. The minimum absolute atomic E-state index is 0.143. The maximum atomic E-state index is 12.5. The molecule has 1 atom stereocenters. The van der Waals surface area contributed by atoms with Gasteiger partial charge in [-0.2, -0.15) is 0 Å². The van der Waals surface area contributed by atoms with Crippen LogP contribution < -0.4 is 14.0 Å². The fraction of sp³-hybridized carbons (Fsp3) is 0.265. The van der Waals surface area contributed by atoms with Crippen molar-refractivity contribution in [3.8, 4) is 65.0 Å². The molecule has 0 aliphatic heterocycles. The van der Waals surface area contributed by atoms with Crippen LogP contribution in [0.2, 0.25) is 0 Å². The third-order valence-corrected chi connectivity index (χ3v) is 24.8. The van der Waals surface area contributed by atoms with E-state index < -0.39 is 15.9 Å². The quantitative estimate of drug-likeness (QED) is 0.0409. The smallest absolute Gasteiger partial charge is 0.366 e. The second kappa shape index (κ2) is 26.2. The predicted molar refractivity (Wildman–Crippen MR) is 364 cm³/mol. The maximum absolute atomic E-state index is 12.5. The molecule has 15 heteroatoms. The topological polar surface area (TPSA) is 107 Å². The summed E-state index contributed by atoms with van der Waals surface area (Å²) in [5.74, 6) is 0. The largest absolute Gasteiger partial charge is 0.416 e. The molecule has 0 aliphatic rings. The van der Waals surface area contributed by atoms with Gasteiger partial charge in [-0.15, -0.1) is 56.7 Å². The molecule has 11 aromatic rings. The molecular weight excluding hydrogens is 1180 g/mol. The number of anilines is 3. The van der Waals surface area contributed by atoms with Crippen molar-refractivity contribution in [2.45, 2.75) is 119 Å². The normalized spacial score (nSPS) is 12.3. The van der Waals surface area contributed by atoms with Gasteiger partial charge in [0.25, 0.3) is 0 Å². The number of nitrogens with zero attached hydrogens (tertiary/aromatic N) is 1. The zero-order valence-corrected chi connectivity index (χ0v) is 54.5. The first kappa shape index (κ1) is 59.5. The Morgan fingerprint density at radius 3 is 1.18 bits per heavy atom. The monoisotopic (exact) mass is 1250 g/mol. The first-order valence-electron chi connectivity index (χ1n) is 29.0. The predicted octanol–water partition coefficient (Wildman–Crippen LogP) is 22.1. The lowest BCUT2D eigenvalue weighted by Gasteiger charge is -2.29. The Kier molecular flexibility index (Phi) is 18.8. The Morgan fingerprint density at radius 2 is 0.783 bits per heavy atom. The van der Waals surface area contributed by atoms with Gasteiger partial charge in [-0.05, 0) is 161 Å².